The van der Waals surface area contributed by atoms with Crippen molar-refractivity contribution in [1.29, 1.82) is 0 Å². The molecule has 2 heterocycles. The third-order valence-electron chi connectivity index (χ3n) is 2.66. The maximum absolute atomic E-state index is 10.7. The molecule has 2 aromatic rings. The van der Waals surface area contributed by atoms with Crippen molar-refractivity contribution in [2.45, 2.75) is 19.4 Å². The van der Waals surface area contributed by atoms with Gasteiger partial charge in [0.1, 0.15) is 5.60 Å². The van der Waals surface area contributed by atoms with E-state index in [1.54, 1.807) is 29.1 Å². The second kappa shape index (κ2) is 3.98. The number of hydrogen-bond donors (Lipinski definition) is 1. The maximum atomic E-state index is 10.7. The van der Waals surface area contributed by atoms with Crippen molar-refractivity contribution in [3.63, 3.8) is 0 Å². The molecule has 0 saturated heterocycles. The zero-order valence-electron chi connectivity index (χ0n) is 9.36. The third-order valence-corrected chi connectivity index (χ3v) is 4.47. The fraction of sp³-hybridized carbons (Fsp3) is 0.364. The molecule has 2 rings (SSSR count). The second-order valence-electron chi connectivity index (χ2n) is 3.97. The summed E-state index contributed by atoms with van der Waals surface area (Å²) < 4.78 is 2.52. The van der Waals surface area contributed by atoms with Crippen molar-refractivity contribution in [2.75, 3.05) is 0 Å². The van der Waals surface area contributed by atoms with Crippen LogP contribution in [0.1, 0.15) is 23.1 Å². The van der Waals surface area contributed by atoms with Gasteiger partial charge in [0.05, 0.1) is 16.4 Å². The Morgan fingerprint density at radius 2 is 2.25 bits per heavy atom. The number of aromatic nitrogens is 2. The van der Waals surface area contributed by atoms with Gasteiger partial charge in [-0.15, -0.1) is 11.3 Å². The van der Waals surface area contributed by atoms with E-state index in [0.29, 0.717) is 0 Å². The second-order valence-corrected chi connectivity index (χ2v) is 5.74. The van der Waals surface area contributed by atoms with Crippen LogP contribution in [0.2, 0.25) is 0 Å². The molecular weight excluding hydrogens is 288 g/mol. The van der Waals surface area contributed by atoms with Crippen molar-refractivity contribution in [2.24, 2.45) is 7.05 Å². The Morgan fingerprint density at radius 1 is 1.56 bits per heavy atom. The lowest BCUT2D eigenvalue weighted by molar-refractivity contribution is 0.0954. The Kier molecular flexibility index (Phi) is 2.94. The number of hydrogen-bond acceptors (Lipinski definition) is 3. The van der Waals surface area contributed by atoms with Gasteiger partial charge in [-0.2, -0.15) is 5.10 Å². The molecule has 1 unspecified atom stereocenters. The van der Waals surface area contributed by atoms with Gasteiger partial charge in [-0.1, -0.05) is 0 Å². The fourth-order valence-electron chi connectivity index (χ4n) is 1.94. The number of aryl methyl sites for hydroxylation is 2. The zero-order valence-corrected chi connectivity index (χ0v) is 11.8. The molecular formula is C11H13BrN2OS. The van der Waals surface area contributed by atoms with Crippen LogP contribution >= 0.6 is 27.3 Å². The summed E-state index contributed by atoms with van der Waals surface area (Å²) in [5.74, 6) is 0. The summed E-state index contributed by atoms with van der Waals surface area (Å²) >= 11 is 4.98. The van der Waals surface area contributed by atoms with Crippen LogP contribution < -0.4 is 0 Å². The average molecular weight is 301 g/mol. The van der Waals surface area contributed by atoms with Crippen LogP contribution in [0.3, 0.4) is 0 Å². The van der Waals surface area contributed by atoms with E-state index in [4.69, 9.17) is 0 Å². The van der Waals surface area contributed by atoms with Crippen molar-refractivity contribution >= 4 is 27.3 Å². The lowest BCUT2D eigenvalue weighted by atomic mass is 9.97. The molecule has 0 fully saturated rings. The third kappa shape index (κ3) is 1.73. The molecule has 2 aromatic heterocycles. The maximum Gasteiger partial charge on any atom is 0.139 e. The van der Waals surface area contributed by atoms with E-state index in [0.717, 1.165) is 20.6 Å². The minimum absolute atomic E-state index is 0.776. The van der Waals surface area contributed by atoms with E-state index in [9.17, 15) is 5.11 Å². The number of thiophene rings is 1. The van der Waals surface area contributed by atoms with Gasteiger partial charge >= 0.3 is 0 Å². The zero-order chi connectivity index (χ0) is 11.9. The summed E-state index contributed by atoms with van der Waals surface area (Å²) in [6, 6.07) is 2.01. The molecule has 0 aliphatic heterocycles. The molecule has 0 saturated carbocycles. The first kappa shape index (κ1) is 11.8. The van der Waals surface area contributed by atoms with Crippen molar-refractivity contribution < 1.29 is 5.11 Å². The van der Waals surface area contributed by atoms with Crippen LogP contribution in [-0.2, 0) is 12.6 Å². The number of halogens is 1. The van der Waals surface area contributed by atoms with Crippen molar-refractivity contribution in [1.82, 2.24) is 9.78 Å². The molecule has 0 aliphatic carbocycles. The van der Waals surface area contributed by atoms with Crippen LogP contribution in [0.25, 0.3) is 0 Å². The minimum atomic E-state index is -1.01. The quantitative estimate of drug-likeness (QED) is 0.926. The van der Waals surface area contributed by atoms with Gasteiger partial charge in [0.2, 0.25) is 0 Å². The van der Waals surface area contributed by atoms with Gasteiger partial charge in [-0.25, -0.2) is 0 Å². The van der Waals surface area contributed by atoms with E-state index in [1.165, 1.54) is 0 Å². The summed E-state index contributed by atoms with van der Waals surface area (Å²) in [5, 5.41) is 16.8. The van der Waals surface area contributed by atoms with Crippen molar-refractivity contribution in [3.05, 3.63) is 38.3 Å². The summed E-state index contributed by atoms with van der Waals surface area (Å²) in [5.41, 5.74) is 0.864. The Balaban J connectivity index is 2.59. The number of rotatable bonds is 2. The SMILES string of the molecule is Cc1ccsc1C(C)(O)c1c(Br)cnn1C. The summed E-state index contributed by atoms with van der Waals surface area (Å²) in [6.45, 7) is 3.80. The standard InChI is InChI=1S/C11H13BrN2OS/c1-7-4-5-16-10(7)11(2,15)9-8(12)6-13-14(9)3/h4-6,15H,1-3H3. The number of nitrogens with zero attached hydrogens (tertiary/aromatic N) is 2. The van der Waals surface area contributed by atoms with Gasteiger partial charge in [0.25, 0.3) is 0 Å². The molecule has 0 aromatic carbocycles. The van der Waals surface area contributed by atoms with Gasteiger partial charge in [-0.3, -0.25) is 4.68 Å². The largest absolute Gasteiger partial charge is 0.378 e. The highest BCUT2D eigenvalue weighted by molar-refractivity contribution is 9.10. The van der Waals surface area contributed by atoms with E-state index < -0.39 is 5.60 Å². The Morgan fingerprint density at radius 3 is 2.69 bits per heavy atom. The van der Waals surface area contributed by atoms with E-state index in [-0.39, 0.29) is 0 Å². The Bertz CT molecular complexity index is 496. The van der Waals surface area contributed by atoms with Gasteiger partial charge in [0.15, 0.2) is 0 Å². The highest BCUT2D eigenvalue weighted by Crippen LogP contribution is 2.37. The van der Waals surface area contributed by atoms with Crippen LogP contribution in [0.4, 0.5) is 0 Å². The van der Waals surface area contributed by atoms with Gasteiger partial charge in [-0.05, 0) is 46.8 Å². The molecule has 3 nitrogen and oxygen atoms in total. The topological polar surface area (TPSA) is 38.1 Å². The normalized spacial score (nSPS) is 15.1. The van der Waals surface area contributed by atoms with Crippen molar-refractivity contribution in [3.8, 4) is 0 Å². The summed E-state index contributed by atoms with van der Waals surface area (Å²) in [6.07, 6.45) is 1.70. The minimum Gasteiger partial charge on any atom is -0.378 e. The first-order chi connectivity index (χ1) is 7.44. The molecule has 1 atom stereocenters. The highest BCUT2D eigenvalue weighted by Gasteiger charge is 2.33. The van der Waals surface area contributed by atoms with Gasteiger partial charge < -0.3 is 5.11 Å². The molecule has 0 amide bonds. The highest BCUT2D eigenvalue weighted by atomic mass is 79.9. The predicted molar refractivity (Wildman–Crippen MR) is 68.6 cm³/mol. The van der Waals surface area contributed by atoms with Gasteiger partial charge in [0, 0.05) is 11.9 Å². The van der Waals surface area contributed by atoms with E-state index in [1.807, 2.05) is 25.4 Å². The fourth-order valence-corrected chi connectivity index (χ4v) is 3.66. The molecule has 0 radical (unpaired) electrons. The molecule has 86 valence electrons. The average Bonchev–Trinajstić information content (AvgIpc) is 2.73. The van der Waals surface area contributed by atoms with E-state index in [2.05, 4.69) is 21.0 Å². The molecule has 0 bridgehead atoms. The molecule has 16 heavy (non-hydrogen) atoms. The van der Waals surface area contributed by atoms with Crippen LogP contribution in [0, 0.1) is 6.92 Å². The summed E-state index contributed by atoms with van der Waals surface area (Å²) in [4.78, 5) is 0.955. The first-order valence-electron chi connectivity index (χ1n) is 4.89. The molecule has 5 heteroatoms. The molecule has 0 aliphatic rings. The Hall–Kier alpha value is -0.650. The van der Waals surface area contributed by atoms with E-state index >= 15 is 0 Å². The van der Waals surface area contributed by atoms with Crippen LogP contribution in [-0.4, -0.2) is 14.9 Å². The van der Waals surface area contributed by atoms with Crippen LogP contribution in [0.5, 0.6) is 0 Å². The Labute approximate surface area is 107 Å². The molecule has 0 spiro atoms. The number of aliphatic hydroxyl groups is 1. The predicted octanol–water partition coefficient (Wildman–Crippen LogP) is 2.81. The summed E-state index contributed by atoms with van der Waals surface area (Å²) in [7, 11) is 1.83. The lowest BCUT2D eigenvalue weighted by Crippen LogP contribution is -2.26. The smallest absolute Gasteiger partial charge is 0.139 e. The first-order valence-corrected chi connectivity index (χ1v) is 6.56. The monoisotopic (exact) mass is 300 g/mol. The lowest BCUT2D eigenvalue weighted by Gasteiger charge is -2.24. The van der Waals surface area contributed by atoms with Crippen LogP contribution in [0.15, 0.2) is 22.1 Å². The molecule has 1 N–H and O–H groups in total.